The van der Waals surface area contributed by atoms with E-state index in [0.717, 1.165) is 33.5 Å². The van der Waals surface area contributed by atoms with Crippen LogP contribution in [0.2, 0.25) is 0 Å². The van der Waals surface area contributed by atoms with Crippen molar-refractivity contribution in [1.29, 1.82) is 0 Å². The summed E-state index contributed by atoms with van der Waals surface area (Å²) < 4.78 is 7.39. The summed E-state index contributed by atoms with van der Waals surface area (Å²) in [7, 11) is 1.64. The van der Waals surface area contributed by atoms with Crippen LogP contribution in [0.15, 0.2) is 78.0 Å². The quantitative estimate of drug-likeness (QED) is 0.175. The van der Waals surface area contributed by atoms with Gasteiger partial charge in [0.05, 0.1) is 17.7 Å². The highest BCUT2D eigenvalue weighted by Crippen LogP contribution is 2.33. The lowest BCUT2D eigenvalue weighted by Gasteiger charge is -2.17. The second-order valence-electron chi connectivity index (χ2n) is 7.80. The maximum absolute atomic E-state index is 10.9. The Labute approximate surface area is 196 Å². The lowest BCUT2D eigenvalue weighted by atomic mass is 10.0. The Kier molecular flexibility index (Phi) is 6.74. The van der Waals surface area contributed by atoms with E-state index < -0.39 is 4.92 Å². The molecule has 3 aromatic carbocycles. The number of ether oxygens (including phenoxy) is 1. The van der Waals surface area contributed by atoms with Gasteiger partial charge in [0.15, 0.2) is 11.0 Å². The first kappa shape index (κ1) is 22.5. The fraction of sp³-hybridized carbons (Fsp3) is 0.200. The minimum absolute atomic E-state index is 0.0829. The van der Waals surface area contributed by atoms with Crippen LogP contribution in [0.4, 0.5) is 5.69 Å². The predicted molar refractivity (Wildman–Crippen MR) is 130 cm³/mol. The van der Waals surface area contributed by atoms with Crippen LogP contribution in [0, 0.1) is 10.1 Å². The SMILES string of the molecule is COc1ccc(-c2nnc(SCc3ccc([N+](=O)[O-])cc3)n2-c2ccccc2C(C)C)cc1. The van der Waals surface area contributed by atoms with Gasteiger partial charge in [0, 0.05) is 23.4 Å². The zero-order valence-corrected chi connectivity index (χ0v) is 19.5. The minimum Gasteiger partial charge on any atom is -0.497 e. The number of rotatable bonds is 8. The van der Waals surface area contributed by atoms with Gasteiger partial charge in [-0.3, -0.25) is 14.7 Å². The van der Waals surface area contributed by atoms with Gasteiger partial charge in [0.25, 0.3) is 5.69 Å². The Bertz CT molecular complexity index is 1250. The van der Waals surface area contributed by atoms with Crippen LogP contribution >= 0.6 is 11.8 Å². The van der Waals surface area contributed by atoms with E-state index in [1.165, 1.54) is 17.7 Å². The van der Waals surface area contributed by atoms with Gasteiger partial charge in [-0.1, -0.05) is 55.9 Å². The first-order chi connectivity index (χ1) is 16.0. The van der Waals surface area contributed by atoms with Crippen LogP contribution < -0.4 is 4.74 Å². The molecule has 4 rings (SSSR count). The smallest absolute Gasteiger partial charge is 0.269 e. The van der Waals surface area contributed by atoms with Gasteiger partial charge in [-0.15, -0.1) is 10.2 Å². The van der Waals surface area contributed by atoms with Crippen LogP contribution in [0.3, 0.4) is 0 Å². The van der Waals surface area contributed by atoms with Crippen molar-refractivity contribution in [3.63, 3.8) is 0 Å². The first-order valence-corrected chi connectivity index (χ1v) is 11.5. The predicted octanol–water partition coefficient (Wildman–Crippen LogP) is 6.27. The molecule has 0 saturated carbocycles. The Morgan fingerprint density at radius 3 is 2.33 bits per heavy atom. The van der Waals surface area contributed by atoms with Gasteiger partial charge in [-0.25, -0.2) is 0 Å². The zero-order valence-electron chi connectivity index (χ0n) is 18.6. The van der Waals surface area contributed by atoms with Gasteiger partial charge in [0.1, 0.15) is 5.75 Å². The number of hydrogen-bond donors (Lipinski definition) is 0. The number of hydrogen-bond acceptors (Lipinski definition) is 6. The summed E-state index contributed by atoms with van der Waals surface area (Å²) >= 11 is 1.55. The molecular weight excluding hydrogens is 436 g/mol. The molecule has 168 valence electrons. The summed E-state index contributed by atoms with van der Waals surface area (Å²) in [6.07, 6.45) is 0. The van der Waals surface area contributed by atoms with E-state index in [1.54, 1.807) is 31.0 Å². The average Bonchev–Trinajstić information content (AvgIpc) is 3.26. The molecule has 0 atom stereocenters. The van der Waals surface area contributed by atoms with Crippen molar-refractivity contribution < 1.29 is 9.66 Å². The van der Waals surface area contributed by atoms with E-state index in [4.69, 9.17) is 4.74 Å². The average molecular weight is 461 g/mol. The molecule has 0 fully saturated rings. The number of thioether (sulfide) groups is 1. The number of para-hydroxylation sites is 1. The molecule has 0 saturated heterocycles. The maximum atomic E-state index is 10.9. The molecule has 0 bridgehead atoms. The third-order valence-corrected chi connectivity index (χ3v) is 6.30. The molecule has 1 aromatic heterocycles. The van der Waals surface area contributed by atoms with E-state index in [-0.39, 0.29) is 5.69 Å². The molecule has 0 aliphatic heterocycles. The number of nitrogens with zero attached hydrogens (tertiary/aromatic N) is 4. The highest BCUT2D eigenvalue weighted by atomic mass is 32.2. The van der Waals surface area contributed by atoms with Crippen molar-refractivity contribution in [1.82, 2.24) is 14.8 Å². The van der Waals surface area contributed by atoms with Gasteiger partial charge < -0.3 is 4.74 Å². The molecule has 0 aliphatic carbocycles. The monoisotopic (exact) mass is 460 g/mol. The van der Waals surface area contributed by atoms with Crippen molar-refractivity contribution in [3.05, 3.63) is 94.0 Å². The normalized spacial score (nSPS) is 11.0. The van der Waals surface area contributed by atoms with Gasteiger partial charge in [0.2, 0.25) is 0 Å². The number of non-ortho nitro benzene ring substituents is 1. The van der Waals surface area contributed by atoms with Gasteiger partial charge in [-0.2, -0.15) is 0 Å². The van der Waals surface area contributed by atoms with Crippen LogP contribution in [0.5, 0.6) is 5.75 Å². The molecule has 7 nitrogen and oxygen atoms in total. The highest BCUT2D eigenvalue weighted by molar-refractivity contribution is 7.98. The topological polar surface area (TPSA) is 83.1 Å². The molecule has 0 spiro atoms. The van der Waals surface area contributed by atoms with Crippen molar-refractivity contribution >= 4 is 17.4 Å². The number of aromatic nitrogens is 3. The Hall–Kier alpha value is -3.65. The van der Waals surface area contributed by atoms with Crippen molar-refractivity contribution in [2.24, 2.45) is 0 Å². The summed E-state index contributed by atoms with van der Waals surface area (Å²) in [5, 5.41) is 20.7. The summed E-state index contributed by atoms with van der Waals surface area (Å²) in [4.78, 5) is 10.5. The van der Waals surface area contributed by atoms with Crippen molar-refractivity contribution in [3.8, 4) is 22.8 Å². The summed E-state index contributed by atoms with van der Waals surface area (Å²) in [5.74, 6) is 2.46. The van der Waals surface area contributed by atoms with E-state index in [1.807, 2.05) is 36.4 Å². The third kappa shape index (κ3) is 4.90. The van der Waals surface area contributed by atoms with Crippen LogP contribution in [0.1, 0.15) is 30.9 Å². The van der Waals surface area contributed by atoms with Crippen molar-refractivity contribution in [2.75, 3.05) is 7.11 Å². The Balaban J connectivity index is 1.74. The number of benzene rings is 3. The van der Waals surface area contributed by atoms with E-state index >= 15 is 0 Å². The molecule has 4 aromatic rings. The third-order valence-electron chi connectivity index (χ3n) is 5.30. The van der Waals surface area contributed by atoms with Crippen LogP contribution in [-0.2, 0) is 5.75 Å². The number of methoxy groups -OCH3 is 1. The lowest BCUT2D eigenvalue weighted by Crippen LogP contribution is -2.05. The molecule has 0 radical (unpaired) electrons. The molecule has 33 heavy (non-hydrogen) atoms. The lowest BCUT2D eigenvalue weighted by molar-refractivity contribution is -0.384. The first-order valence-electron chi connectivity index (χ1n) is 10.5. The number of nitro benzene ring substituents is 1. The second-order valence-corrected chi connectivity index (χ2v) is 8.74. The summed E-state index contributed by atoms with van der Waals surface area (Å²) in [6, 6.07) is 22.6. The summed E-state index contributed by atoms with van der Waals surface area (Å²) in [5.41, 5.74) is 4.23. The Morgan fingerprint density at radius 1 is 1.00 bits per heavy atom. The molecule has 8 heteroatoms. The fourth-order valence-electron chi connectivity index (χ4n) is 3.55. The van der Waals surface area contributed by atoms with Crippen LogP contribution in [0.25, 0.3) is 17.1 Å². The molecule has 0 amide bonds. The molecule has 1 heterocycles. The standard InChI is InChI=1S/C25H24N4O3S/c1-17(2)22-6-4-5-7-23(22)28-24(19-10-14-21(32-3)15-11-19)26-27-25(28)33-16-18-8-12-20(13-9-18)29(30)31/h4-15,17H,16H2,1-3H3. The van der Waals surface area contributed by atoms with E-state index in [0.29, 0.717) is 11.7 Å². The van der Waals surface area contributed by atoms with Crippen molar-refractivity contribution in [2.45, 2.75) is 30.7 Å². The zero-order chi connectivity index (χ0) is 23.4. The van der Waals surface area contributed by atoms with E-state index in [2.05, 4.69) is 40.7 Å². The van der Waals surface area contributed by atoms with E-state index in [9.17, 15) is 10.1 Å². The molecule has 0 aliphatic rings. The molecule has 0 N–H and O–H groups in total. The number of nitro groups is 1. The second kappa shape index (κ2) is 9.87. The fourth-order valence-corrected chi connectivity index (χ4v) is 4.45. The van der Waals surface area contributed by atoms with Gasteiger partial charge >= 0.3 is 0 Å². The largest absolute Gasteiger partial charge is 0.497 e. The maximum Gasteiger partial charge on any atom is 0.269 e. The summed E-state index contributed by atoms with van der Waals surface area (Å²) in [6.45, 7) is 4.33. The van der Waals surface area contributed by atoms with Gasteiger partial charge in [-0.05, 0) is 47.4 Å². The molecule has 0 unspecified atom stereocenters. The minimum atomic E-state index is -0.391. The Morgan fingerprint density at radius 2 is 1.70 bits per heavy atom. The molecular formula is C25H24N4O3S. The highest BCUT2D eigenvalue weighted by Gasteiger charge is 2.19. The van der Waals surface area contributed by atoms with Crippen LogP contribution in [-0.4, -0.2) is 26.8 Å².